The lowest BCUT2D eigenvalue weighted by molar-refractivity contribution is 0.317. The van der Waals surface area contributed by atoms with Crippen LogP contribution in [-0.2, 0) is 19.6 Å². The van der Waals surface area contributed by atoms with E-state index in [-0.39, 0.29) is 0 Å². The Kier molecular flexibility index (Phi) is 4.90. The highest BCUT2D eigenvalue weighted by atomic mass is 15.3. The van der Waals surface area contributed by atoms with Crippen molar-refractivity contribution in [2.45, 2.75) is 46.8 Å². The molecule has 4 heteroatoms. The molecule has 2 rings (SSSR count). The SMILES string of the molecule is CCCn1nc(C)c(CN(C)Cc2ccncc2)c1C. The van der Waals surface area contributed by atoms with Gasteiger partial charge in [0.25, 0.3) is 0 Å². The van der Waals surface area contributed by atoms with Gasteiger partial charge >= 0.3 is 0 Å². The maximum Gasteiger partial charge on any atom is 0.0641 e. The minimum atomic E-state index is 0.931. The fourth-order valence-corrected chi connectivity index (χ4v) is 2.52. The molecule has 0 fully saturated rings. The molecule has 0 aliphatic heterocycles. The van der Waals surface area contributed by atoms with Crippen LogP contribution in [0.2, 0.25) is 0 Å². The summed E-state index contributed by atoms with van der Waals surface area (Å²) in [5.41, 5.74) is 5.09. The summed E-state index contributed by atoms with van der Waals surface area (Å²) in [6.45, 7) is 9.33. The molecule has 2 aromatic rings. The summed E-state index contributed by atoms with van der Waals surface area (Å²) in [6, 6.07) is 4.13. The second-order valence-electron chi connectivity index (χ2n) is 5.40. The summed E-state index contributed by atoms with van der Waals surface area (Å²) >= 11 is 0. The van der Waals surface area contributed by atoms with Gasteiger partial charge < -0.3 is 0 Å². The summed E-state index contributed by atoms with van der Waals surface area (Å²) in [4.78, 5) is 6.38. The van der Waals surface area contributed by atoms with Gasteiger partial charge in [0.2, 0.25) is 0 Å². The maximum absolute atomic E-state index is 4.64. The Hall–Kier alpha value is -1.68. The summed E-state index contributed by atoms with van der Waals surface area (Å²) in [6.07, 6.45) is 4.81. The zero-order valence-electron chi connectivity index (χ0n) is 12.9. The predicted molar refractivity (Wildman–Crippen MR) is 81.4 cm³/mol. The molecule has 0 aromatic carbocycles. The first kappa shape index (κ1) is 14.7. The second kappa shape index (κ2) is 6.66. The lowest BCUT2D eigenvalue weighted by Gasteiger charge is -2.17. The van der Waals surface area contributed by atoms with Gasteiger partial charge in [-0.15, -0.1) is 0 Å². The fourth-order valence-electron chi connectivity index (χ4n) is 2.52. The molecule has 0 amide bonds. The van der Waals surface area contributed by atoms with E-state index in [9.17, 15) is 0 Å². The number of rotatable bonds is 6. The van der Waals surface area contributed by atoms with Gasteiger partial charge in [-0.25, -0.2) is 0 Å². The third-order valence-electron chi connectivity index (χ3n) is 3.60. The van der Waals surface area contributed by atoms with E-state index in [0.29, 0.717) is 0 Å². The van der Waals surface area contributed by atoms with Crippen LogP contribution in [0.1, 0.15) is 35.9 Å². The first-order valence-electron chi connectivity index (χ1n) is 7.22. The van der Waals surface area contributed by atoms with Crippen molar-refractivity contribution >= 4 is 0 Å². The predicted octanol–water partition coefficient (Wildman–Crippen LogP) is 2.94. The Labute approximate surface area is 121 Å². The molecular formula is C16H24N4. The van der Waals surface area contributed by atoms with Crippen LogP contribution in [0.25, 0.3) is 0 Å². The highest BCUT2D eigenvalue weighted by molar-refractivity contribution is 5.24. The summed E-state index contributed by atoms with van der Waals surface area (Å²) < 4.78 is 2.13. The zero-order valence-corrected chi connectivity index (χ0v) is 12.9. The van der Waals surface area contributed by atoms with Crippen LogP contribution in [0.5, 0.6) is 0 Å². The average molecular weight is 272 g/mol. The van der Waals surface area contributed by atoms with Gasteiger partial charge in [0, 0.05) is 43.3 Å². The number of aromatic nitrogens is 3. The van der Waals surface area contributed by atoms with E-state index in [1.807, 2.05) is 12.4 Å². The van der Waals surface area contributed by atoms with Crippen molar-refractivity contribution < 1.29 is 0 Å². The standard InChI is InChI=1S/C16H24N4/c1-5-10-20-14(3)16(13(2)18-20)12-19(4)11-15-6-8-17-9-7-15/h6-9H,5,10-12H2,1-4H3. The van der Waals surface area contributed by atoms with Crippen LogP contribution < -0.4 is 0 Å². The summed E-state index contributed by atoms with van der Waals surface area (Å²) in [5, 5.41) is 4.64. The number of hydrogen-bond donors (Lipinski definition) is 0. The Morgan fingerprint density at radius 1 is 1.15 bits per heavy atom. The van der Waals surface area contributed by atoms with Gasteiger partial charge in [-0.2, -0.15) is 5.10 Å². The molecule has 0 saturated carbocycles. The van der Waals surface area contributed by atoms with Crippen molar-refractivity contribution in [3.8, 4) is 0 Å². The summed E-state index contributed by atoms with van der Waals surface area (Å²) in [5.74, 6) is 0. The van der Waals surface area contributed by atoms with Crippen molar-refractivity contribution in [3.63, 3.8) is 0 Å². The van der Waals surface area contributed by atoms with Crippen LogP contribution in [-0.4, -0.2) is 26.7 Å². The molecule has 0 atom stereocenters. The van der Waals surface area contributed by atoms with Crippen molar-refractivity contribution in [1.29, 1.82) is 0 Å². The van der Waals surface area contributed by atoms with Gasteiger partial charge in [-0.05, 0) is 45.0 Å². The third-order valence-corrected chi connectivity index (χ3v) is 3.60. The monoisotopic (exact) mass is 272 g/mol. The molecule has 4 nitrogen and oxygen atoms in total. The van der Waals surface area contributed by atoms with Crippen LogP contribution in [0, 0.1) is 13.8 Å². The Bertz CT molecular complexity index is 545. The van der Waals surface area contributed by atoms with E-state index in [0.717, 1.165) is 31.7 Å². The highest BCUT2D eigenvalue weighted by Gasteiger charge is 2.13. The van der Waals surface area contributed by atoms with E-state index in [1.54, 1.807) is 0 Å². The molecule has 108 valence electrons. The smallest absolute Gasteiger partial charge is 0.0641 e. The fraction of sp³-hybridized carbons (Fsp3) is 0.500. The topological polar surface area (TPSA) is 34.0 Å². The van der Waals surface area contributed by atoms with Crippen molar-refractivity contribution in [2.24, 2.45) is 0 Å². The van der Waals surface area contributed by atoms with Crippen LogP contribution in [0.4, 0.5) is 0 Å². The van der Waals surface area contributed by atoms with Gasteiger partial charge in [0.1, 0.15) is 0 Å². The molecule has 2 aromatic heterocycles. The minimum Gasteiger partial charge on any atom is -0.298 e. The molecule has 2 heterocycles. The van der Waals surface area contributed by atoms with Gasteiger partial charge in [0.05, 0.1) is 5.69 Å². The molecule has 20 heavy (non-hydrogen) atoms. The molecule has 0 aliphatic rings. The van der Waals surface area contributed by atoms with Crippen LogP contribution in [0.15, 0.2) is 24.5 Å². The van der Waals surface area contributed by atoms with E-state index in [2.05, 4.69) is 59.6 Å². The lowest BCUT2D eigenvalue weighted by atomic mass is 10.1. The lowest BCUT2D eigenvalue weighted by Crippen LogP contribution is -2.18. The average Bonchev–Trinajstić information content (AvgIpc) is 2.68. The number of aryl methyl sites for hydroxylation is 2. The van der Waals surface area contributed by atoms with Crippen LogP contribution in [0.3, 0.4) is 0 Å². The summed E-state index contributed by atoms with van der Waals surface area (Å²) in [7, 11) is 2.15. The van der Waals surface area contributed by atoms with E-state index in [4.69, 9.17) is 0 Å². The largest absolute Gasteiger partial charge is 0.298 e. The van der Waals surface area contributed by atoms with E-state index in [1.165, 1.54) is 16.8 Å². The zero-order chi connectivity index (χ0) is 14.5. The molecule has 0 saturated heterocycles. The van der Waals surface area contributed by atoms with Gasteiger partial charge in [0.15, 0.2) is 0 Å². The molecular weight excluding hydrogens is 248 g/mol. The number of hydrogen-bond acceptors (Lipinski definition) is 3. The molecule has 0 spiro atoms. The first-order valence-corrected chi connectivity index (χ1v) is 7.22. The van der Waals surface area contributed by atoms with Crippen LogP contribution >= 0.6 is 0 Å². The Morgan fingerprint density at radius 3 is 2.50 bits per heavy atom. The second-order valence-corrected chi connectivity index (χ2v) is 5.40. The number of pyridine rings is 1. The normalized spacial score (nSPS) is 11.2. The molecule has 0 radical (unpaired) electrons. The number of nitrogens with zero attached hydrogens (tertiary/aromatic N) is 4. The highest BCUT2D eigenvalue weighted by Crippen LogP contribution is 2.16. The Morgan fingerprint density at radius 2 is 1.85 bits per heavy atom. The molecule has 0 N–H and O–H groups in total. The third kappa shape index (κ3) is 3.45. The Balaban J connectivity index is 2.06. The van der Waals surface area contributed by atoms with E-state index >= 15 is 0 Å². The molecule has 0 aliphatic carbocycles. The first-order chi connectivity index (χ1) is 9.61. The quantitative estimate of drug-likeness (QED) is 0.811. The molecule has 0 bridgehead atoms. The molecule has 0 unspecified atom stereocenters. The van der Waals surface area contributed by atoms with Crippen molar-refractivity contribution in [3.05, 3.63) is 47.0 Å². The van der Waals surface area contributed by atoms with Crippen molar-refractivity contribution in [2.75, 3.05) is 7.05 Å². The van der Waals surface area contributed by atoms with Crippen molar-refractivity contribution in [1.82, 2.24) is 19.7 Å². The minimum absolute atomic E-state index is 0.931. The maximum atomic E-state index is 4.64. The van der Waals surface area contributed by atoms with Gasteiger partial charge in [-0.1, -0.05) is 6.92 Å². The van der Waals surface area contributed by atoms with Gasteiger partial charge in [-0.3, -0.25) is 14.6 Å². The van der Waals surface area contributed by atoms with E-state index < -0.39 is 0 Å².